The number of hydrogen-bond acceptors (Lipinski definition) is 4. The molecule has 4 aliphatic rings. The second-order valence-corrected chi connectivity index (χ2v) is 21.1. The third-order valence-corrected chi connectivity index (χ3v) is 15.4. The van der Waals surface area contributed by atoms with Gasteiger partial charge in [0.15, 0.2) is 0 Å². The summed E-state index contributed by atoms with van der Waals surface area (Å²) >= 11 is 0. The molecular formula is C56H66Cl2F14N6O2. The molecule has 0 N–H and O–H groups in total. The largest absolute Gasteiger partial charge is 0.416 e. The zero-order valence-corrected chi connectivity index (χ0v) is 46.2. The number of carbonyl (C=O) groups excluding carboxylic acids is 2. The van der Waals surface area contributed by atoms with Crippen LogP contribution in [0.15, 0.2) is 72.8 Å². The van der Waals surface area contributed by atoms with Gasteiger partial charge in [0.05, 0.1) is 34.3 Å². The Balaban J connectivity index is 0.000000287. The minimum atomic E-state index is -4.97. The molecule has 4 heterocycles. The summed E-state index contributed by atoms with van der Waals surface area (Å²) in [5.41, 5.74) is -3.33. The van der Waals surface area contributed by atoms with Gasteiger partial charge in [-0.3, -0.25) is 0 Å². The maximum atomic E-state index is 13.9. The van der Waals surface area contributed by atoms with Gasteiger partial charge in [-0.15, -0.1) is 24.8 Å². The lowest BCUT2D eigenvalue weighted by Gasteiger charge is -2.46. The van der Waals surface area contributed by atoms with Crippen LogP contribution in [0.4, 0.5) is 71.1 Å². The number of amides is 4. The highest BCUT2D eigenvalue weighted by Crippen LogP contribution is 2.42. The van der Waals surface area contributed by atoms with Crippen LogP contribution in [0.3, 0.4) is 0 Å². The lowest BCUT2D eigenvalue weighted by atomic mass is 9.88. The third kappa shape index (κ3) is 16.6. The minimum Gasteiger partial charge on any atom is -0.323 e. The predicted molar refractivity (Wildman–Crippen MR) is 279 cm³/mol. The van der Waals surface area contributed by atoms with E-state index in [0.717, 1.165) is 72.8 Å². The van der Waals surface area contributed by atoms with Crippen LogP contribution < -0.4 is 0 Å². The van der Waals surface area contributed by atoms with Gasteiger partial charge in [-0.2, -0.15) is 52.7 Å². The fourth-order valence-corrected chi connectivity index (χ4v) is 11.5. The molecule has 0 spiro atoms. The Bertz CT molecular complexity index is 2480. The van der Waals surface area contributed by atoms with Crippen LogP contribution in [0.1, 0.15) is 132 Å². The number of rotatable bonds is 8. The quantitative estimate of drug-likeness (QED) is 0.165. The highest BCUT2D eigenvalue weighted by molar-refractivity contribution is 5.85. The Morgan fingerprint density at radius 2 is 0.762 bits per heavy atom. The third-order valence-electron chi connectivity index (χ3n) is 15.4. The summed E-state index contributed by atoms with van der Waals surface area (Å²) in [5.74, 6) is -0.806. The van der Waals surface area contributed by atoms with E-state index in [1.165, 1.54) is 51.2 Å². The van der Waals surface area contributed by atoms with Gasteiger partial charge in [-0.25, -0.2) is 18.4 Å². The second-order valence-electron chi connectivity index (χ2n) is 21.1. The summed E-state index contributed by atoms with van der Waals surface area (Å²) in [4.78, 5) is 37.6. The molecule has 4 fully saturated rings. The second kappa shape index (κ2) is 26.9. The van der Waals surface area contributed by atoms with E-state index in [4.69, 9.17) is 0 Å². The highest BCUT2D eigenvalue weighted by atomic mass is 35.5. The molecule has 0 bridgehead atoms. The molecule has 0 unspecified atom stereocenters. The van der Waals surface area contributed by atoms with Gasteiger partial charge >= 0.3 is 36.8 Å². The number of nitrogens with zero attached hydrogens (tertiary/aromatic N) is 6. The first-order chi connectivity index (χ1) is 36.5. The maximum Gasteiger partial charge on any atom is 0.416 e. The fraction of sp³-hybridized carbons (Fsp3) is 0.536. The Kier molecular flexibility index (Phi) is 22.1. The molecule has 4 amide bonds. The molecule has 4 atom stereocenters. The molecule has 444 valence electrons. The van der Waals surface area contributed by atoms with Gasteiger partial charge < -0.3 is 29.4 Å². The lowest BCUT2D eigenvalue weighted by molar-refractivity contribution is -0.144. The van der Waals surface area contributed by atoms with Crippen LogP contribution >= 0.6 is 24.8 Å². The van der Waals surface area contributed by atoms with Crippen LogP contribution in [-0.4, -0.2) is 107 Å². The molecule has 4 aliphatic heterocycles. The number of halogens is 16. The zero-order valence-electron chi connectivity index (χ0n) is 44.6. The molecule has 0 aliphatic carbocycles. The maximum absolute atomic E-state index is 13.9. The van der Waals surface area contributed by atoms with Gasteiger partial charge in [0.1, 0.15) is 11.6 Å². The molecule has 8 nitrogen and oxygen atoms in total. The first-order valence-electron chi connectivity index (χ1n) is 26.1. The summed E-state index contributed by atoms with van der Waals surface area (Å²) < 4.78 is 188. The molecule has 4 aromatic rings. The van der Waals surface area contributed by atoms with Crippen LogP contribution in [0.5, 0.6) is 0 Å². The number of benzene rings is 4. The van der Waals surface area contributed by atoms with E-state index in [2.05, 4.69) is 9.80 Å². The smallest absolute Gasteiger partial charge is 0.323 e. The van der Waals surface area contributed by atoms with Crippen molar-refractivity contribution >= 4 is 36.9 Å². The van der Waals surface area contributed by atoms with Crippen molar-refractivity contribution in [1.29, 1.82) is 0 Å². The lowest BCUT2D eigenvalue weighted by Crippen LogP contribution is -2.52. The number of urea groups is 2. The summed E-state index contributed by atoms with van der Waals surface area (Å²) in [7, 11) is 2.72. The fourth-order valence-electron chi connectivity index (χ4n) is 11.5. The Morgan fingerprint density at radius 1 is 0.463 bits per heavy atom. The Labute approximate surface area is 469 Å². The van der Waals surface area contributed by atoms with Gasteiger partial charge in [0.2, 0.25) is 0 Å². The van der Waals surface area contributed by atoms with Crippen LogP contribution in [0.2, 0.25) is 0 Å². The van der Waals surface area contributed by atoms with E-state index in [9.17, 15) is 71.1 Å². The monoisotopic (exact) mass is 1190 g/mol. The van der Waals surface area contributed by atoms with Gasteiger partial charge in [-0.1, -0.05) is 25.0 Å². The predicted octanol–water partition coefficient (Wildman–Crippen LogP) is 15.7. The van der Waals surface area contributed by atoms with Gasteiger partial charge in [0, 0.05) is 52.4 Å². The van der Waals surface area contributed by atoms with Crippen LogP contribution in [-0.2, 0) is 37.8 Å². The summed E-state index contributed by atoms with van der Waals surface area (Å²) in [6.45, 7) is 7.22. The molecule has 8 rings (SSSR count). The SMILES string of the molecule is Cc1cc(F)ccc1[C@@H]1C[C@H](N2CCCCC2)CCN1C(=O)N(C)Cc1cc(C(F)(F)F)cc(C(F)(F)F)c1.Cc1cc(F)ccc1[C@H]1C[C@@H](N2CCCCC2)CCN1C(=O)N(C)Cc1cc(C(F)(F)F)cc(C(F)(F)F)c1.Cl.Cl. The van der Waals surface area contributed by atoms with E-state index in [1.54, 1.807) is 35.8 Å². The van der Waals surface area contributed by atoms with Crippen molar-refractivity contribution in [2.75, 3.05) is 53.4 Å². The summed E-state index contributed by atoms with van der Waals surface area (Å²) in [6.07, 6.45) is -10.6. The summed E-state index contributed by atoms with van der Waals surface area (Å²) in [6, 6.07) is 10.1. The van der Waals surface area contributed by atoms with Crippen molar-refractivity contribution in [2.45, 2.75) is 140 Å². The van der Waals surface area contributed by atoms with E-state index >= 15 is 0 Å². The Morgan fingerprint density at radius 3 is 1.04 bits per heavy atom. The van der Waals surface area contributed by atoms with Crippen LogP contribution in [0.25, 0.3) is 0 Å². The standard InChI is InChI=1S/2C28H32F7N3O.2ClH/c2*1-18-12-22(29)6-7-24(18)25-16-23(37-9-4-3-5-10-37)8-11-38(25)26(39)36(2)17-19-13-20(27(30,31)32)15-21(14-19)28(33,34)35;;/h2*6-7,12-15,23,25H,3-5,8-11,16-17H2,1-2H3;2*1H/t2*23-,25+;;/m10../s1. The van der Waals surface area contributed by atoms with Gasteiger partial charge in [0.25, 0.3) is 0 Å². The first-order valence-corrected chi connectivity index (χ1v) is 26.1. The van der Waals surface area contributed by atoms with E-state index in [0.29, 0.717) is 74.2 Å². The zero-order chi connectivity index (χ0) is 57.1. The minimum absolute atomic E-state index is 0. The molecule has 24 heteroatoms. The van der Waals surface area contributed by atoms with Crippen molar-refractivity contribution in [2.24, 2.45) is 0 Å². The van der Waals surface area contributed by atoms with Crippen LogP contribution in [0, 0.1) is 25.5 Å². The van der Waals surface area contributed by atoms with Crippen molar-refractivity contribution in [3.63, 3.8) is 0 Å². The number of likely N-dealkylation sites (tertiary alicyclic amines) is 4. The number of carbonyl (C=O) groups is 2. The van der Waals surface area contributed by atoms with E-state index in [-0.39, 0.29) is 60.2 Å². The first kappa shape index (κ1) is 65.7. The van der Waals surface area contributed by atoms with Crippen molar-refractivity contribution in [3.05, 3.63) is 140 Å². The molecule has 80 heavy (non-hydrogen) atoms. The van der Waals surface area contributed by atoms with Crippen molar-refractivity contribution in [1.82, 2.24) is 29.4 Å². The molecule has 0 saturated carbocycles. The number of hydrogen-bond donors (Lipinski definition) is 0. The van der Waals surface area contributed by atoms with Crippen molar-refractivity contribution in [3.8, 4) is 0 Å². The molecule has 4 aromatic carbocycles. The average Bonchev–Trinajstić information content (AvgIpc) is 3.37. The van der Waals surface area contributed by atoms with E-state index < -0.39 is 95.8 Å². The Hall–Kier alpha value is -5.06. The molecular weight excluding hydrogens is 1130 g/mol. The summed E-state index contributed by atoms with van der Waals surface area (Å²) in [5, 5.41) is 0. The number of alkyl halides is 12. The molecule has 0 aromatic heterocycles. The average molecular weight is 1190 g/mol. The molecule has 0 radical (unpaired) electrons. The highest BCUT2D eigenvalue weighted by Gasteiger charge is 2.42. The number of piperidine rings is 4. The number of aryl methyl sites for hydroxylation is 2. The molecule has 4 saturated heterocycles. The van der Waals surface area contributed by atoms with Crippen molar-refractivity contribution < 1.29 is 71.1 Å². The normalized spacial score (nSPS) is 20.7. The van der Waals surface area contributed by atoms with Gasteiger partial charge in [-0.05, 0) is 185 Å². The van der Waals surface area contributed by atoms with E-state index in [1.807, 2.05) is 0 Å². The topological polar surface area (TPSA) is 53.6 Å².